The third kappa shape index (κ3) is 2.41. The molecule has 0 aliphatic heterocycles. The zero-order valence-electron chi connectivity index (χ0n) is 11.7. The summed E-state index contributed by atoms with van der Waals surface area (Å²) in [6.07, 6.45) is 1.26. The summed E-state index contributed by atoms with van der Waals surface area (Å²) in [7, 11) is 0. The van der Waals surface area contributed by atoms with Crippen molar-refractivity contribution in [2.24, 2.45) is 0 Å². The standard InChI is InChI=1S/C16H19NO2/c1-9(2)12-6-5-7-13-15(10(3)8-14(18)19)11(4)17-16(12)13/h5-9,17H,1-4H3,(H,18,19)/b10-8+. The molecular weight excluding hydrogens is 238 g/mol. The zero-order valence-corrected chi connectivity index (χ0v) is 11.7. The van der Waals surface area contributed by atoms with Crippen LogP contribution in [-0.2, 0) is 4.79 Å². The molecule has 0 fully saturated rings. The fraction of sp³-hybridized carbons (Fsp3) is 0.312. The van der Waals surface area contributed by atoms with E-state index in [4.69, 9.17) is 5.11 Å². The quantitative estimate of drug-likeness (QED) is 0.814. The largest absolute Gasteiger partial charge is 0.478 e. The van der Waals surface area contributed by atoms with Gasteiger partial charge in [-0.05, 0) is 30.9 Å². The molecule has 1 aromatic heterocycles. The molecule has 0 aliphatic rings. The van der Waals surface area contributed by atoms with Crippen LogP contribution >= 0.6 is 0 Å². The Balaban J connectivity index is 2.73. The van der Waals surface area contributed by atoms with Gasteiger partial charge in [0.25, 0.3) is 0 Å². The van der Waals surface area contributed by atoms with E-state index in [1.54, 1.807) is 0 Å². The molecule has 0 saturated heterocycles. The Hall–Kier alpha value is -2.03. The molecule has 0 amide bonds. The topological polar surface area (TPSA) is 53.1 Å². The first kappa shape index (κ1) is 13.4. The van der Waals surface area contributed by atoms with Crippen molar-refractivity contribution < 1.29 is 9.90 Å². The van der Waals surface area contributed by atoms with Crippen LogP contribution in [0.3, 0.4) is 0 Å². The average molecular weight is 257 g/mol. The van der Waals surface area contributed by atoms with Gasteiger partial charge in [-0.25, -0.2) is 4.79 Å². The van der Waals surface area contributed by atoms with Gasteiger partial charge in [-0.3, -0.25) is 0 Å². The lowest BCUT2D eigenvalue weighted by atomic mass is 9.97. The molecule has 2 aromatic rings. The van der Waals surface area contributed by atoms with Crippen molar-refractivity contribution >= 4 is 22.4 Å². The van der Waals surface area contributed by atoms with Crippen molar-refractivity contribution in [1.29, 1.82) is 0 Å². The van der Waals surface area contributed by atoms with Crippen molar-refractivity contribution in [2.45, 2.75) is 33.6 Å². The van der Waals surface area contributed by atoms with Gasteiger partial charge in [-0.15, -0.1) is 0 Å². The number of hydrogen-bond acceptors (Lipinski definition) is 1. The van der Waals surface area contributed by atoms with Crippen LogP contribution in [-0.4, -0.2) is 16.1 Å². The van der Waals surface area contributed by atoms with Crippen LogP contribution in [0.1, 0.15) is 43.5 Å². The summed E-state index contributed by atoms with van der Waals surface area (Å²) in [5.41, 5.74) is 5.16. The Kier molecular flexibility index (Phi) is 3.47. The number of aliphatic carboxylic acids is 1. The highest BCUT2D eigenvalue weighted by Crippen LogP contribution is 2.32. The number of aromatic nitrogens is 1. The van der Waals surface area contributed by atoms with E-state index in [2.05, 4.69) is 24.9 Å². The molecule has 1 heterocycles. The number of carboxylic acid groups (broad SMARTS) is 1. The molecule has 0 atom stereocenters. The van der Waals surface area contributed by atoms with E-state index in [1.807, 2.05) is 26.0 Å². The van der Waals surface area contributed by atoms with E-state index in [1.165, 1.54) is 11.6 Å². The van der Waals surface area contributed by atoms with Gasteiger partial charge in [0, 0.05) is 28.2 Å². The Morgan fingerprint density at radius 2 is 2.05 bits per heavy atom. The van der Waals surface area contributed by atoms with Gasteiger partial charge in [0.1, 0.15) is 0 Å². The first-order valence-electron chi connectivity index (χ1n) is 6.44. The van der Waals surface area contributed by atoms with Crippen LogP contribution in [0.2, 0.25) is 0 Å². The van der Waals surface area contributed by atoms with Gasteiger partial charge in [0.05, 0.1) is 0 Å². The molecule has 0 radical (unpaired) electrons. The number of allylic oxidation sites excluding steroid dienone is 1. The summed E-state index contributed by atoms with van der Waals surface area (Å²) in [5.74, 6) is -0.482. The minimum Gasteiger partial charge on any atom is -0.478 e. The summed E-state index contributed by atoms with van der Waals surface area (Å²) in [4.78, 5) is 14.2. The molecule has 19 heavy (non-hydrogen) atoms. The lowest BCUT2D eigenvalue weighted by Crippen LogP contribution is -1.91. The number of hydrogen-bond donors (Lipinski definition) is 2. The summed E-state index contributed by atoms with van der Waals surface area (Å²) >= 11 is 0. The molecule has 0 bridgehead atoms. The minimum atomic E-state index is -0.911. The second kappa shape index (κ2) is 4.92. The zero-order chi connectivity index (χ0) is 14.2. The van der Waals surface area contributed by atoms with Crippen LogP contribution in [0, 0.1) is 6.92 Å². The predicted octanol–water partition coefficient (Wildman–Crippen LogP) is 4.09. The highest BCUT2D eigenvalue weighted by Gasteiger charge is 2.14. The number of carboxylic acids is 1. The third-order valence-corrected chi connectivity index (χ3v) is 3.41. The number of nitrogens with one attached hydrogen (secondary N) is 1. The SMILES string of the molecule is C/C(=C\C(=O)O)c1c(C)[nH]c2c(C(C)C)cccc12. The Morgan fingerprint density at radius 3 is 2.63 bits per heavy atom. The van der Waals surface area contributed by atoms with E-state index in [-0.39, 0.29) is 0 Å². The van der Waals surface area contributed by atoms with Crippen LogP contribution < -0.4 is 0 Å². The molecule has 3 heteroatoms. The highest BCUT2D eigenvalue weighted by molar-refractivity contribution is 5.99. The molecule has 100 valence electrons. The van der Waals surface area contributed by atoms with Gasteiger partial charge in [0.2, 0.25) is 0 Å². The van der Waals surface area contributed by atoms with Gasteiger partial charge >= 0.3 is 5.97 Å². The van der Waals surface area contributed by atoms with Gasteiger partial charge in [0.15, 0.2) is 0 Å². The maximum atomic E-state index is 10.8. The fourth-order valence-corrected chi connectivity index (χ4v) is 2.62. The summed E-state index contributed by atoms with van der Waals surface area (Å²) < 4.78 is 0. The number of aromatic amines is 1. The third-order valence-electron chi connectivity index (χ3n) is 3.41. The first-order chi connectivity index (χ1) is 8.91. The van der Waals surface area contributed by atoms with E-state index in [0.717, 1.165) is 27.7 Å². The number of aryl methyl sites for hydroxylation is 1. The van der Waals surface area contributed by atoms with Gasteiger partial charge in [-0.2, -0.15) is 0 Å². The van der Waals surface area contributed by atoms with E-state index in [9.17, 15) is 4.79 Å². The number of benzene rings is 1. The van der Waals surface area contributed by atoms with E-state index < -0.39 is 5.97 Å². The predicted molar refractivity (Wildman–Crippen MR) is 78.4 cm³/mol. The molecule has 1 aromatic carbocycles. The molecular formula is C16H19NO2. The van der Waals surface area contributed by atoms with E-state index >= 15 is 0 Å². The normalized spacial score (nSPS) is 12.4. The van der Waals surface area contributed by atoms with Crippen LogP contribution in [0.5, 0.6) is 0 Å². The first-order valence-corrected chi connectivity index (χ1v) is 6.44. The van der Waals surface area contributed by atoms with Gasteiger partial charge in [-0.1, -0.05) is 32.0 Å². The lowest BCUT2D eigenvalue weighted by molar-refractivity contribution is -0.131. The minimum absolute atomic E-state index is 0.429. The highest BCUT2D eigenvalue weighted by atomic mass is 16.4. The molecule has 2 rings (SSSR count). The maximum absolute atomic E-state index is 10.8. The van der Waals surface area contributed by atoms with Crippen molar-refractivity contribution in [2.75, 3.05) is 0 Å². The Labute approximate surface area is 113 Å². The molecule has 2 N–H and O–H groups in total. The van der Waals surface area contributed by atoms with Crippen molar-refractivity contribution in [3.8, 4) is 0 Å². The van der Waals surface area contributed by atoms with Crippen LogP contribution in [0.25, 0.3) is 16.5 Å². The number of rotatable bonds is 3. The summed E-state index contributed by atoms with van der Waals surface area (Å²) in [5, 5.41) is 10.00. The van der Waals surface area contributed by atoms with Gasteiger partial charge < -0.3 is 10.1 Å². The Morgan fingerprint density at radius 1 is 1.37 bits per heavy atom. The number of H-pyrrole nitrogens is 1. The Bertz CT molecular complexity index is 663. The smallest absolute Gasteiger partial charge is 0.328 e. The second-order valence-electron chi connectivity index (χ2n) is 5.22. The van der Waals surface area contributed by atoms with Crippen molar-refractivity contribution in [3.05, 3.63) is 41.1 Å². The monoisotopic (exact) mass is 257 g/mol. The summed E-state index contributed by atoms with van der Waals surface area (Å²) in [6.45, 7) is 8.14. The number of carbonyl (C=O) groups is 1. The van der Waals surface area contributed by atoms with Crippen molar-refractivity contribution in [3.63, 3.8) is 0 Å². The fourth-order valence-electron chi connectivity index (χ4n) is 2.62. The van der Waals surface area contributed by atoms with Crippen LogP contribution in [0.15, 0.2) is 24.3 Å². The maximum Gasteiger partial charge on any atom is 0.328 e. The number of fused-ring (bicyclic) bond motifs is 1. The molecule has 0 saturated carbocycles. The molecule has 0 aliphatic carbocycles. The number of para-hydroxylation sites is 1. The van der Waals surface area contributed by atoms with E-state index in [0.29, 0.717) is 5.92 Å². The lowest BCUT2D eigenvalue weighted by Gasteiger charge is -2.07. The second-order valence-corrected chi connectivity index (χ2v) is 5.22. The van der Waals surface area contributed by atoms with Crippen molar-refractivity contribution in [1.82, 2.24) is 4.98 Å². The molecule has 3 nitrogen and oxygen atoms in total. The van der Waals surface area contributed by atoms with Crippen LogP contribution in [0.4, 0.5) is 0 Å². The molecule has 0 spiro atoms. The summed E-state index contributed by atoms with van der Waals surface area (Å²) in [6, 6.07) is 6.19. The molecule has 0 unspecified atom stereocenters. The average Bonchev–Trinajstić information content (AvgIpc) is 2.63.